The summed E-state index contributed by atoms with van der Waals surface area (Å²) in [5.74, 6) is -1.43. The monoisotopic (exact) mass is 242 g/mol. The number of rotatable bonds is 7. The molecule has 0 bridgehead atoms. The second-order valence-corrected chi connectivity index (χ2v) is 3.69. The molecule has 0 aromatic carbocycles. The van der Waals surface area contributed by atoms with Gasteiger partial charge >= 0.3 is 12.0 Å². The van der Waals surface area contributed by atoms with E-state index in [0.29, 0.717) is 6.42 Å². The SMILES string of the molecule is C=CCC(C)NC(=O)NC(=O)CCCC(=O)O. The van der Waals surface area contributed by atoms with E-state index >= 15 is 0 Å². The summed E-state index contributed by atoms with van der Waals surface area (Å²) in [5, 5.41) is 13.0. The minimum atomic E-state index is -0.957. The van der Waals surface area contributed by atoms with Crippen LogP contribution >= 0.6 is 0 Å². The summed E-state index contributed by atoms with van der Waals surface area (Å²) in [6.07, 6.45) is 2.44. The molecule has 6 nitrogen and oxygen atoms in total. The molecule has 6 heteroatoms. The van der Waals surface area contributed by atoms with Crippen molar-refractivity contribution in [1.82, 2.24) is 10.6 Å². The fourth-order valence-electron chi connectivity index (χ4n) is 1.16. The minimum absolute atomic E-state index is 0.0234. The maximum atomic E-state index is 11.2. The van der Waals surface area contributed by atoms with Crippen LogP contribution < -0.4 is 10.6 Å². The third-order valence-corrected chi connectivity index (χ3v) is 1.95. The molecule has 3 amide bonds. The minimum Gasteiger partial charge on any atom is -0.481 e. The highest BCUT2D eigenvalue weighted by Gasteiger charge is 2.10. The Morgan fingerprint density at radius 3 is 2.53 bits per heavy atom. The number of carbonyl (C=O) groups is 3. The van der Waals surface area contributed by atoms with Gasteiger partial charge in [-0.15, -0.1) is 6.58 Å². The van der Waals surface area contributed by atoms with Crippen LogP contribution in [0.5, 0.6) is 0 Å². The van der Waals surface area contributed by atoms with Gasteiger partial charge in [-0.3, -0.25) is 14.9 Å². The molecule has 0 aliphatic heterocycles. The summed E-state index contributed by atoms with van der Waals surface area (Å²) in [5.41, 5.74) is 0. The second kappa shape index (κ2) is 8.32. The average Bonchev–Trinajstić information content (AvgIpc) is 2.16. The first-order chi connectivity index (χ1) is 7.95. The number of carboxylic acids is 1. The molecule has 0 spiro atoms. The van der Waals surface area contributed by atoms with Gasteiger partial charge in [-0.05, 0) is 19.8 Å². The Labute approximate surface area is 100 Å². The first-order valence-corrected chi connectivity index (χ1v) is 5.38. The van der Waals surface area contributed by atoms with Gasteiger partial charge in [0.15, 0.2) is 0 Å². The zero-order valence-corrected chi connectivity index (χ0v) is 9.86. The lowest BCUT2D eigenvalue weighted by molar-refractivity contribution is -0.137. The van der Waals surface area contributed by atoms with E-state index in [9.17, 15) is 14.4 Å². The highest BCUT2D eigenvalue weighted by molar-refractivity contribution is 5.94. The van der Waals surface area contributed by atoms with Crippen LogP contribution in [-0.4, -0.2) is 29.1 Å². The standard InChI is InChI=1S/C11H18N2O4/c1-3-5-8(2)12-11(17)13-9(14)6-4-7-10(15)16/h3,8H,1,4-7H2,2H3,(H,15,16)(H2,12,13,14,17). The van der Waals surface area contributed by atoms with E-state index in [2.05, 4.69) is 17.2 Å². The molecular formula is C11H18N2O4. The van der Waals surface area contributed by atoms with Crippen LogP contribution in [0.1, 0.15) is 32.6 Å². The molecule has 96 valence electrons. The van der Waals surface area contributed by atoms with Crippen molar-refractivity contribution in [2.45, 2.75) is 38.6 Å². The van der Waals surface area contributed by atoms with E-state index in [1.54, 1.807) is 13.0 Å². The molecule has 1 atom stereocenters. The maximum absolute atomic E-state index is 11.2. The van der Waals surface area contributed by atoms with Crippen molar-refractivity contribution in [2.75, 3.05) is 0 Å². The fraction of sp³-hybridized carbons (Fsp3) is 0.545. The van der Waals surface area contributed by atoms with Gasteiger partial charge in [-0.2, -0.15) is 0 Å². The average molecular weight is 242 g/mol. The van der Waals surface area contributed by atoms with Crippen LogP contribution in [0.2, 0.25) is 0 Å². The van der Waals surface area contributed by atoms with E-state index < -0.39 is 17.9 Å². The van der Waals surface area contributed by atoms with Crippen molar-refractivity contribution >= 4 is 17.9 Å². The number of aliphatic carboxylic acids is 1. The van der Waals surface area contributed by atoms with E-state index in [-0.39, 0.29) is 25.3 Å². The lowest BCUT2D eigenvalue weighted by Crippen LogP contribution is -2.43. The lowest BCUT2D eigenvalue weighted by atomic mass is 10.2. The maximum Gasteiger partial charge on any atom is 0.321 e. The van der Waals surface area contributed by atoms with Crippen molar-refractivity contribution in [2.24, 2.45) is 0 Å². The van der Waals surface area contributed by atoms with Gasteiger partial charge < -0.3 is 10.4 Å². The molecule has 0 aromatic heterocycles. The summed E-state index contributed by atoms with van der Waals surface area (Å²) in [4.78, 5) is 32.6. The Morgan fingerprint density at radius 1 is 1.35 bits per heavy atom. The van der Waals surface area contributed by atoms with Crippen LogP contribution in [0.15, 0.2) is 12.7 Å². The molecule has 0 saturated carbocycles. The normalized spacial score (nSPS) is 11.4. The molecular weight excluding hydrogens is 224 g/mol. The fourth-order valence-corrected chi connectivity index (χ4v) is 1.16. The Hall–Kier alpha value is -1.85. The molecule has 0 radical (unpaired) electrons. The molecule has 3 N–H and O–H groups in total. The zero-order valence-electron chi connectivity index (χ0n) is 9.86. The molecule has 0 aliphatic carbocycles. The van der Waals surface area contributed by atoms with Crippen molar-refractivity contribution in [3.63, 3.8) is 0 Å². The summed E-state index contributed by atoms with van der Waals surface area (Å²) >= 11 is 0. The van der Waals surface area contributed by atoms with Gasteiger partial charge in [-0.25, -0.2) is 4.79 Å². The Kier molecular flexibility index (Phi) is 7.41. The van der Waals surface area contributed by atoms with Crippen molar-refractivity contribution < 1.29 is 19.5 Å². The van der Waals surface area contributed by atoms with Crippen molar-refractivity contribution in [3.8, 4) is 0 Å². The molecule has 0 aliphatic rings. The summed E-state index contributed by atoms with van der Waals surface area (Å²) in [6.45, 7) is 5.32. The van der Waals surface area contributed by atoms with E-state index in [4.69, 9.17) is 5.11 Å². The number of carboxylic acid groups (broad SMARTS) is 1. The highest BCUT2D eigenvalue weighted by Crippen LogP contribution is 1.95. The number of urea groups is 1. The van der Waals surface area contributed by atoms with Crippen LogP contribution in [0.4, 0.5) is 4.79 Å². The predicted octanol–water partition coefficient (Wildman–Crippen LogP) is 1.03. The summed E-state index contributed by atoms with van der Waals surface area (Å²) in [7, 11) is 0. The third kappa shape index (κ3) is 9.10. The summed E-state index contributed by atoms with van der Waals surface area (Å²) < 4.78 is 0. The second-order valence-electron chi connectivity index (χ2n) is 3.69. The molecule has 0 saturated heterocycles. The number of imide groups is 1. The van der Waals surface area contributed by atoms with Gasteiger partial charge in [0.2, 0.25) is 5.91 Å². The Morgan fingerprint density at radius 2 is 2.00 bits per heavy atom. The smallest absolute Gasteiger partial charge is 0.321 e. The Balaban J connectivity index is 3.76. The number of hydrogen-bond acceptors (Lipinski definition) is 3. The first kappa shape index (κ1) is 15.2. The molecule has 17 heavy (non-hydrogen) atoms. The summed E-state index contributed by atoms with van der Waals surface area (Å²) in [6, 6.07) is -0.668. The van der Waals surface area contributed by atoms with Crippen LogP contribution in [0.3, 0.4) is 0 Å². The number of amides is 3. The van der Waals surface area contributed by atoms with Gasteiger partial charge in [0, 0.05) is 18.9 Å². The van der Waals surface area contributed by atoms with Crippen molar-refractivity contribution in [3.05, 3.63) is 12.7 Å². The quantitative estimate of drug-likeness (QED) is 0.581. The molecule has 0 aromatic rings. The van der Waals surface area contributed by atoms with Gasteiger partial charge in [-0.1, -0.05) is 6.08 Å². The first-order valence-electron chi connectivity index (χ1n) is 5.38. The largest absolute Gasteiger partial charge is 0.481 e. The zero-order chi connectivity index (χ0) is 13.3. The van der Waals surface area contributed by atoms with Gasteiger partial charge in [0.25, 0.3) is 0 Å². The molecule has 0 heterocycles. The predicted molar refractivity (Wildman–Crippen MR) is 62.4 cm³/mol. The van der Waals surface area contributed by atoms with E-state index in [1.807, 2.05) is 0 Å². The lowest BCUT2D eigenvalue weighted by Gasteiger charge is -2.11. The van der Waals surface area contributed by atoms with E-state index in [1.165, 1.54) is 0 Å². The van der Waals surface area contributed by atoms with Crippen LogP contribution in [0, 0.1) is 0 Å². The number of hydrogen-bond donors (Lipinski definition) is 3. The van der Waals surface area contributed by atoms with E-state index in [0.717, 1.165) is 0 Å². The topological polar surface area (TPSA) is 95.5 Å². The third-order valence-electron chi connectivity index (χ3n) is 1.95. The van der Waals surface area contributed by atoms with Crippen LogP contribution in [0.25, 0.3) is 0 Å². The highest BCUT2D eigenvalue weighted by atomic mass is 16.4. The molecule has 0 fully saturated rings. The number of carbonyl (C=O) groups excluding carboxylic acids is 2. The Bertz CT molecular complexity index is 302. The molecule has 1 unspecified atom stereocenters. The van der Waals surface area contributed by atoms with Crippen molar-refractivity contribution in [1.29, 1.82) is 0 Å². The van der Waals surface area contributed by atoms with Gasteiger partial charge in [0.1, 0.15) is 0 Å². The molecule has 0 rings (SSSR count). The van der Waals surface area contributed by atoms with Gasteiger partial charge in [0.05, 0.1) is 0 Å². The number of nitrogens with one attached hydrogen (secondary N) is 2. The van der Waals surface area contributed by atoms with Crippen LogP contribution in [-0.2, 0) is 9.59 Å².